The average Bonchev–Trinajstić information content (AvgIpc) is 2.67. The van der Waals surface area contributed by atoms with Gasteiger partial charge in [0.1, 0.15) is 5.75 Å². The summed E-state index contributed by atoms with van der Waals surface area (Å²) in [4.78, 5) is 16.7. The summed E-state index contributed by atoms with van der Waals surface area (Å²) in [6.07, 6.45) is 1.31. The molecule has 0 saturated carbocycles. The van der Waals surface area contributed by atoms with Crippen LogP contribution < -0.4 is 9.64 Å². The van der Waals surface area contributed by atoms with Gasteiger partial charge in [-0.25, -0.2) is 0 Å². The van der Waals surface area contributed by atoms with Gasteiger partial charge in [0.05, 0.1) is 6.61 Å². The summed E-state index contributed by atoms with van der Waals surface area (Å²) < 4.78 is 5.69. The highest BCUT2D eigenvalue weighted by Crippen LogP contribution is 2.16. The van der Waals surface area contributed by atoms with E-state index in [1.54, 1.807) is 0 Å². The minimum Gasteiger partial charge on any atom is -0.494 e. The molecule has 1 saturated heterocycles. The van der Waals surface area contributed by atoms with Crippen LogP contribution in [0.25, 0.3) is 0 Å². The van der Waals surface area contributed by atoms with Gasteiger partial charge in [-0.2, -0.15) is 0 Å². The summed E-state index contributed by atoms with van der Waals surface area (Å²) in [6, 6.07) is 18.4. The molecule has 4 nitrogen and oxygen atoms in total. The van der Waals surface area contributed by atoms with E-state index in [0.29, 0.717) is 13.0 Å². The molecule has 3 rings (SSSR count). The second-order valence-electron chi connectivity index (χ2n) is 6.47. The minimum atomic E-state index is 0.236. The van der Waals surface area contributed by atoms with E-state index in [1.807, 2.05) is 35.2 Å². The van der Waals surface area contributed by atoms with Gasteiger partial charge in [0.15, 0.2) is 0 Å². The molecule has 1 aliphatic heterocycles. The molecule has 1 fully saturated rings. The molecule has 1 amide bonds. The van der Waals surface area contributed by atoms with E-state index in [-0.39, 0.29) is 5.91 Å². The SMILES string of the molecule is Cc1ccc(OCCCC(=O)N2CCN(c3ccccc3)CC2)cc1. The Morgan fingerprint density at radius 2 is 1.64 bits per heavy atom. The van der Waals surface area contributed by atoms with Crippen LogP contribution in [0.15, 0.2) is 54.6 Å². The van der Waals surface area contributed by atoms with E-state index in [4.69, 9.17) is 4.74 Å². The maximum Gasteiger partial charge on any atom is 0.222 e. The van der Waals surface area contributed by atoms with Crippen LogP contribution in [-0.2, 0) is 4.79 Å². The molecule has 0 bridgehead atoms. The Morgan fingerprint density at radius 3 is 2.32 bits per heavy atom. The number of amides is 1. The van der Waals surface area contributed by atoms with E-state index in [0.717, 1.165) is 38.3 Å². The van der Waals surface area contributed by atoms with Gasteiger partial charge < -0.3 is 14.5 Å². The lowest BCUT2D eigenvalue weighted by Crippen LogP contribution is -2.48. The lowest BCUT2D eigenvalue weighted by molar-refractivity contribution is -0.131. The number of nitrogens with zero attached hydrogens (tertiary/aromatic N) is 2. The molecule has 4 heteroatoms. The number of carbonyl (C=O) groups excluding carboxylic acids is 1. The number of anilines is 1. The fraction of sp³-hybridized carbons (Fsp3) is 0.381. The molecule has 2 aromatic carbocycles. The van der Waals surface area contributed by atoms with Gasteiger partial charge in [-0.3, -0.25) is 4.79 Å². The molecule has 0 spiro atoms. The summed E-state index contributed by atoms with van der Waals surface area (Å²) >= 11 is 0. The van der Waals surface area contributed by atoms with E-state index in [1.165, 1.54) is 11.3 Å². The molecule has 132 valence electrons. The van der Waals surface area contributed by atoms with Gasteiger partial charge in [0, 0.05) is 38.3 Å². The number of piperazine rings is 1. The van der Waals surface area contributed by atoms with E-state index in [9.17, 15) is 4.79 Å². The van der Waals surface area contributed by atoms with Crippen molar-refractivity contribution in [3.8, 4) is 5.75 Å². The molecule has 0 aliphatic carbocycles. The number of carbonyl (C=O) groups is 1. The van der Waals surface area contributed by atoms with Crippen LogP contribution in [-0.4, -0.2) is 43.6 Å². The van der Waals surface area contributed by atoms with Crippen LogP contribution in [0, 0.1) is 6.92 Å². The molecule has 0 radical (unpaired) electrons. The van der Waals surface area contributed by atoms with Gasteiger partial charge in [-0.05, 0) is 37.6 Å². The number of hydrogen-bond donors (Lipinski definition) is 0. The standard InChI is InChI=1S/C21H26N2O2/c1-18-9-11-20(12-10-18)25-17-5-8-21(24)23-15-13-22(14-16-23)19-6-3-2-4-7-19/h2-4,6-7,9-12H,5,8,13-17H2,1H3. The van der Waals surface area contributed by atoms with Crippen LogP contribution in [0.4, 0.5) is 5.69 Å². The van der Waals surface area contributed by atoms with Crippen LogP contribution in [0.3, 0.4) is 0 Å². The van der Waals surface area contributed by atoms with Crippen molar-refractivity contribution < 1.29 is 9.53 Å². The summed E-state index contributed by atoms with van der Waals surface area (Å²) in [5, 5.41) is 0. The first-order chi connectivity index (χ1) is 12.2. The molecule has 0 N–H and O–H groups in total. The van der Waals surface area contributed by atoms with Crippen LogP contribution in [0.2, 0.25) is 0 Å². The van der Waals surface area contributed by atoms with Crippen molar-refractivity contribution in [1.82, 2.24) is 4.90 Å². The van der Waals surface area contributed by atoms with Gasteiger partial charge in [-0.1, -0.05) is 35.9 Å². The molecule has 0 aromatic heterocycles. The Hall–Kier alpha value is -2.49. The number of aryl methyl sites for hydroxylation is 1. The number of para-hydroxylation sites is 1. The van der Waals surface area contributed by atoms with Crippen LogP contribution >= 0.6 is 0 Å². The molecule has 25 heavy (non-hydrogen) atoms. The van der Waals surface area contributed by atoms with Crippen molar-refractivity contribution in [2.24, 2.45) is 0 Å². The molecule has 1 aliphatic rings. The lowest BCUT2D eigenvalue weighted by Gasteiger charge is -2.36. The molecule has 0 atom stereocenters. The Bertz CT molecular complexity index is 662. The lowest BCUT2D eigenvalue weighted by atomic mass is 10.2. The van der Waals surface area contributed by atoms with Gasteiger partial charge in [0.25, 0.3) is 0 Å². The monoisotopic (exact) mass is 338 g/mol. The van der Waals surface area contributed by atoms with Crippen molar-refractivity contribution in [2.45, 2.75) is 19.8 Å². The smallest absolute Gasteiger partial charge is 0.222 e. The predicted octanol–water partition coefficient (Wildman–Crippen LogP) is 3.50. The third-order valence-electron chi connectivity index (χ3n) is 4.58. The van der Waals surface area contributed by atoms with Gasteiger partial charge in [0.2, 0.25) is 5.91 Å². The highest BCUT2D eigenvalue weighted by atomic mass is 16.5. The maximum atomic E-state index is 12.3. The topological polar surface area (TPSA) is 32.8 Å². The van der Waals surface area contributed by atoms with Crippen LogP contribution in [0.1, 0.15) is 18.4 Å². The molecule has 2 aromatic rings. The number of rotatable bonds is 6. The first kappa shape index (κ1) is 17.3. The Kier molecular flexibility index (Phi) is 5.94. The second kappa shape index (κ2) is 8.56. The Labute approximate surface area is 150 Å². The number of ether oxygens (including phenoxy) is 1. The highest BCUT2D eigenvalue weighted by Gasteiger charge is 2.20. The van der Waals surface area contributed by atoms with Crippen molar-refractivity contribution in [2.75, 3.05) is 37.7 Å². The first-order valence-corrected chi connectivity index (χ1v) is 8.99. The molecular formula is C21H26N2O2. The summed E-state index contributed by atoms with van der Waals surface area (Å²) in [5.74, 6) is 1.11. The van der Waals surface area contributed by atoms with Crippen LogP contribution in [0.5, 0.6) is 5.75 Å². The van der Waals surface area contributed by atoms with Gasteiger partial charge in [-0.15, -0.1) is 0 Å². The minimum absolute atomic E-state index is 0.236. The van der Waals surface area contributed by atoms with Crippen molar-refractivity contribution in [3.05, 3.63) is 60.2 Å². The molecular weight excluding hydrogens is 312 g/mol. The summed E-state index contributed by atoms with van der Waals surface area (Å²) in [5.41, 5.74) is 2.46. The van der Waals surface area contributed by atoms with Gasteiger partial charge >= 0.3 is 0 Å². The number of hydrogen-bond acceptors (Lipinski definition) is 3. The Morgan fingerprint density at radius 1 is 0.960 bits per heavy atom. The fourth-order valence-corrected chi connectivity index (χ4v) is 3.06. The highest BCUT2D eigenvalue weighted by molar-refractivity contribution is 5.76. The fourth-order valence-electron chi connectivity index (χ4n) is 3.06. The third kappa shape index (κ3) is 4.99. The molecule has 1 heterocycles. The van der Waals surface area contributed by atoms with Crippen molar-refractivity contribution in [3.63, 3.8) is 0 Å². The molecule has 0 unspecified atom stereocenters. The van der Waals surface area contributed by atoms with E-state index >= 15 is 0 Å². The maximum absolute atomic E-state index is 12.3. The number of benzene rings is 2. The zero-order chi connectivity index (χ0) is 17.5. The summed E-state index contributed by atoms with van der Waals surface area (Å²) in [7, 11) is 0. The second-order valence-corrected chi connectivity index (χ2v) is 6.47. The quantitative estimate of drug-likeness (QED) is 0.756. The van der Waals surface area contributed by atoms with Crippen molar-refractivity contribution in [1.29, 1.82) is 0 Å². The first-order valence-electron chi connectivity index (χ1n) is 8.99. The van der Waals surface area contributed by atoms with E-state index < -0.39 is 0 Å². The summed E-state index contributed by atoms with van der Waals surface area (Å²) in [6.45, 7) is 6.03. The average molecular weight is 338 g/mol. The Balaban J connectivity index is 1.36. The zero-order valence-corrected chi connectivity index (χ0v) is 14.9. The van der Waals surface area contributed by atoms with E-state index in [2.05, 4.69) is 36.1 Å². The zero-order valence-electron chi connectivity index (χ0n) is 14.9. The normalized spacial score (nSPS) is 14.4. The van der Waals surface area contributed by atoms with Crippen molar-refractivity contribution >= 4 is 11.6 Å². The largest absolute Gasteiger partial charge is 0.494 e. The third-order valence-corrected chi connectivity index (χ3v) is 4.58. The predicted molar refractivity (Wildman–Crippen MR) is 101 cm³/mol.